The highest BCUT2D eigenvalue weighted by atomic mass is 32.2. The maximum Gasteiger partial charge on any atom is 0.249 e. The van der Waals surface area contributed by atoms with E-state index in [1.165, 1.54) is 6.08 Å². The first-order valence-corrected chi connectivity index (χ1v) is 14.2. The SMILES string of the molecule is CCCCS(=O)(=O)C(/C=C/c1ccccc1)(Cc1ccccc1)[C@H](C(=O)NO)[C@@H](CC(C)C)C(=O)NN. The molecule has 0 fully saturated rings. The number of nitrogens with one attached hydrogen (secondary N) is 2. The van der Waals surface area contributed by atoms with Crippen molar-refractivity contribution in [1.82, 2.24) is 10.9 Å². The van der Waals surface area contributed by atoms with Crippen molar-refractivity contribution in [3.05, 3.63) is 77.9 Å². The molecule has 0 aliphatic carbocycles. The fraction of sp³-hybridized carbons (Fsp3) is 0.429. The summed E-state index contributed by atoms with van der Waals surface area (Å²) in [5, 5.41) is 9.82. The highest BCUT2D eigenvalue weighted by molar-refractivity contribution is 7.93. The highest BCUT2D eigenvalue weighted by Gasteiger charge is 2.55. The quantitative estimate of drug-likeness (QED) is 0.127. The van der Waals surface area contributed by atoms with E-state index >= 15 is 0 Å². The molecular weight excluding hydrogens is 490 g/mol. The van der Waals surface area contributed by atoms with Gasteiger partial charge in [-0.05, 0) is 36.3 Å². The number of hydroxylamine groups is 1. The molecule has 2 amide bonds. The van der Waals surface area contributed by atoms with Crippen LogP contribution in [0, 0.1) is 17.8 Å². The summed E-state index contributed by atoms with van der Waals surface area (Å²) < 4.78 is 26.8. The minimum atomic E-state index is -4.07. The first kappa shape index (κ1) is 30.2. The molecule has 0 aromatic heterocycles. The zero-order valence-electron chi connectivity index (χ0n) is 21.8. The summed E-state index contributed by atoms with van der Waals surface area (Å²) in [5.74, 6) is 1.04. The van der Waals surface area contributed by atoms with Crippen LogP contribution in [0.4, 0.5) is 0 Å². The third-order valence-electron chi connectivity index (χ3n) is 6.55. The van der Waals surface area contributed by atoms with E-state index in [9.17, 15) is 23.2 Å². The van der Waals surface area contributed by atoms with E-state index in [1.54, 1.807) is 35.8 Å². The molecule has 3 atom stereocenters. The molecule has 0 spiro atoms. The van der Waals surface area contributed by atoms with Gasteiger partial charge in [-0.3, -0.25) is 20.2 Å². The number of hydrogen-bond acceptors (Lipinski definition) is 6. The molecule has 37 heavy (non-hydrogen) atoms. The number of hydrogen-bond donors (Lipinski definition) is 4. The van der Waals surface area contributed by atoms with Gasteiger partial charge in [0.15, 0.2) is 9.84 Å². The lowest BCUT2D eigenvalue weighted by atomic mass is 9.73. The van der Waals surface area contributed by atoms with Gasteiger partial charge in [0.05, 0.1) is 17.6 Å². The largest absolute Gasteiger partial charge is 0.294 e. The summed E-state index contributed by atoms with van der Waals surface area (Å²) in [6.07, 6.45) is 4.30. The fourth-order valence-electron chi connectivity index (χ4n) is 4.74. The van der Waals surface area contributed by atoms with Crippen LogP contribution in [0.3, 0.4) is 0 Å². The van der Waals surface area contributed by atoms with Crippen molar-refractivity contribution in [2.75, 3.05) is 5.75 Å². The Balaban J connectivity index is 2.95. The van der Waals surface area contributed by atoms with Crippen LogP contribution in [0.25, 0.3) is 6.08 Å². The van der Waals surface area contributed by atoms with Crippen molar-refractivity contribution in [3.8, 4) is 0 Å². The zero-order chi connectivity index (χ0) is 27.5. The number of amides is 2. The van der Waals surface area contributed by atoms with Crippen molar-refractivity contribution < 1.29 is 23.2 Å². The number of rotatable bonds is 14. The van der Waals surface area contributed by atoms with E-state index in [-0.39, 0.29) is 24.5 Å². The van der Waals surface area contributed by atoms with Crippen LogP contribution in [-0.2, 0) is 25.8 Å². The van der Waals surface area contributed by atoms with Gasteiger partial charge in [-0.25, -0.2) is 19.7 Å². The van der Waals surface area contributed by atoms with Crippen LogP contribution in [0.15, 0.2) is 66.7 Å². The molecule has 0 heterocycles. The van der Waals surface area contributed by atoms with Crippen LogP contribution in [-0.4, -0.2) is 35.9 Å². The summed E-state index contributed by atoms with van der Waals surface area (Å²) in [4.78, 5) is 26.6. The van der Waals surface area contributed by atoms with Gasteiger partial charge >= 0.3 is 0 Å². The average molecular weight is 530 g/mol. The third-order valence-corrected chi connectivity index (χ3v) is 9.07. The molecule has 0 bridgehead atoms. The minimum absolute atomic E-state index is 0.0674. The van der Waals surface area contributed by atoms with E-state index in [0.29, 0.717) is 18.4 Å². The van der Waals surface area contributed by atoms with E-state index in [4.69, 9.17) is 5.84 Å². The Labute approximate surface area is 220 Å². The third kappa shape index (κ3) is 7.74. The molecular formula is C28H39N3O5S. The summed E-state index contributed by atoms with van der Waals surface area (Å²) in [6, 6.07) is 18.1. The molecule has 0 saturated heterocycles. The van der Waals surface area contributed by atoms with Crippen molar-refractivity contribution in [1.29, 1.82) is 0 Å². The molecule has 2 aromatic carbocycles. The van der Waals surface area contributed by atoms with E-state index in [2.05, 4.69) is 5.43 Å². The molecule has 0 aliphatic heterocycles. The van der Waals surface area contributed by atoms with Gasteiger partial charge in [0.25, 0.3) is 0 Å². The topological polar surface area (TPSA) is 139 Å². The van der Waals surface area contributed by atoms with E-state index in [0.717, 1.165) is 5.56 Å². The van der Waals surface area contributed by atoms with Crippen LogP contribution < -0.4 is 16.7 Å². The molecule has 1 unspecified atom stereocenters. The van der Waals surface area contributed by atoms with Crippen molar-refractivity contribution in [2.45, 2.75) is 51.2 Å². The van der Waals surface area contributed by atoms with Crippen LogP contribution >= 0.6 is 0 Å². The lowest BCUT2D eigenvalue weighted by molar-refractivity contribution is -0.141. The Morgan fingerprint density at radius 1 is 1.03 bits per heavy atom. The molecule has 2 rings (SSSR count). The second-order valence-electron chi connectivity index (χ2n) is 9.73. The number of carbonyl (C=O) groups excluding carboxylic acids is 2. The van der Waals surface area contributed by atoms with Crippen LogP contribution in [0.1, 0.15) is 51.2 Å². The second kappa shape index (κ2) is 14.1. The number of hydrazine groups is 1. The Bertz CT molecular complexity index is 1140. The number of nitrogens with two attached hydrogens (primary N) is 1. The van der Waals surface area contributed by atoms with Crippen LogP contribution in [0.2, 0.25) is 0 Å². The van der Waals surface area contributed by atoms with Gasteiger partial charge in [0.1, 0.15) is 4.75 Å². The molecule has 8 nitrogen and oxygen atoms in total. The van der Waals surface area contributed by atoms with E-state index in [1.807, 2.05) is 57.2 Å². The standard InChI is InChI=1S/C28H39N3O5S/c1-4-5-18-37(35,36)28(20-23-14-10-7-11-15-23,17-16-22-12-8-6-9-13-22)25(27(33)31-34)24(19-21(2)3)26(32)30-29/h6-17,21,24-25,34H,4-5,18-20,29H2,1-3H3,(H,30,32)(H,31,33)/b17-16+/t24-,25+,28?/m1/s1. The Morgan fingerprint density at radius 2 is 1.62 bits per heavy atom. The van der Waals surface area contributed by atoms with Gasteiger partial charge in [-0.15, -0.1) is 0 Å². The van der Waals surface area contributed by atoms with Gasteiger partial charge in [0, 0.05) is 0 Å². The maximum atomic E-state index is 14.3. The van der Waals surface area contributed by atoms with Gasteiger partial charge in [-0.2, -0.15) is 0 Å². The molecule has 0 radical (unpaired) electrons. The maximum absolute atomic E-state index is 14.3. The number of sulfone groups is 1. The van der Waals surface area contributed by atoms with Crippen molar-refractivity contribution >= 4 is 27.7 Å². The van der Waals surface area contributed by atoms with Gasteiger partial charge in [0.2, 0.25) is 11.8 Å². The fourth-order valence-corrected chi connectivity index (χ4v) is 7.11. The first-order chi connectivity index (χ1) is 17.6. The molecule has 0 saturated carbocycles. The molecule has 2 aromatic rings. The average Bonchev–Trinajstić information content (AvgIpc) is 2.90. The summed E-state index contributed by atoms with van der Waals surface area (Å²) in [7, 11) is -4.07. The van der Waals surface area contributed by atoms with Crippen molar-refractivity contribution in [3.63, 3.8) is 0 Å². The lowest BCUT2D eigenvalue weighted by Crippen LogP contribution is -2.58. The van der Waals surface area contributed by atoms with Crippen LogP contribution in [0.5, 0.6) is 0 Å². The van der Waals surface area contributed by atoms with E-state index < -0.39 is 38.2 Å². The monoisotopic (exact) mass is 529 g/mol. The second-order valence-corrected chi connectivity index (χ2v) is 12.1. The Hall–Kier alpha value is -3.01. The van der Waals surface area contributed by atoms with Gasteiger partial charge in [-0.1, -0.05) is 100 Å². The van der Waals surface area contributed by atoms with Crippen molar-refractivity contribution in [2.24, 2.45) is 23.6 Å². The Kier molecular flexibility index (Phi) is 11.5. The number of benzene rings is 2. The zero-order valence-corrected chi connectivity index (χ0v) is 22.6. The highest BCUT2D eigenvalue weighted by Crippen LogP contribution is 2.41. The first-order valence-electron chi connectivity index (χ1n) is 12.6. The summed E-state index contributed by atoms with van der Waals surface area (Å²) in [5.41, 5.74) is 5.18. The summed E-state index contributed by atoms with van der Waals surface area (Å²) >= 11 is 0. The normalized spacial score (nSPS) is 15.2. The smallest absolute Gasteiger partial charge is 0.249 e. The summed E-state index contributed by atoms with van der Waals surface area (Å²) in [6.45, 7) is 5.62. The molecule has 202 valence electrons. The number of unbranched alkanes of at least 4 members (excludes halogenated alkanes) is 1. The molecule has 0 aliphatic rings. The molecule has 5 N–H and O–H groups in total. The lowest BCUT2D eigenvalue weighted by Gasteiger charge is -2.41. The molecule has 9 heteroatoms. The Morgan fingerprint density at radius 3 is 2.14 bits per heavy atom. The predicted octanol–water partition coefficient (Wildman–Crippen LogP) is 3.67. The minimum Gasteiger partial charge on any atom is -0.294 e. The number of carbonyl (C=O) groups is 2. The predicted molar refractivity (Wildman–Crippen MR) is 146 cm³/mol. The van der Waals surface area contributed by atoms with Gasteiger partial charge < -0.3 is 0 Å².